The van der Waals surface area contributed by atoms with Crippen LogP contribution in [-0.2, 0) is 17.8 Å². The summed E-state index contributed by atoms with van der Waals surface area (Å²) >= 11 is 0. The summed E-state index contributed by atoms with van der Waals surface area (Å²) in [6.45, 7) is 8.37. The number of hydrogen-bond acceptors (Lipinski definition) is 3. The molecule has 25 heavy (non-hydrogen) atoms. The van der Waals surface area contributed by atoms with Gasteiger partial charge in [-0.25, -0.2) is 0 Å². The fraction of sp³-hybridized carbons (Fsp3) is 0.650. The van der Waals surface area contributed by atoms with E-state index in [2.05, 4.69) is 58.6 Å². The van der Waals surface area contributed by atoms with E-state index in [-0.39, 0.29) is 0 Å². The Morgan fingerprint density at radius 3 is 2.56 bits per heavy atom. The molecule has 3 unspecified atom stereocenters. The molecule has 2 saturated heterocycles. The predicted molar refractivity (Wildman–Crippen MR) is 103 cm³/mol. The van der Waals surface area contributed by atoms with E-state index in [1.54, 1.807) is 0 Å². The summed E-state index contributed by atoms with van der Waals surface area (Å²) in [6, 6.07) is 9.08. The standard InChI is InChI=1S/C20H32N4O/c1-4-24(5-2)14-16-9-7-6-8-15(16)13-22-20(21-3)23-18-12-17-10-11-19(18)25-17/h6-9,17-19H,4-5,10-14H2,1-3H3,(H2,21,22,23). The van der Waals surface area contributed by atoms with Crippen LogP contribution in [0.1, 0.15) is 44.2 Å². The minimum atomic E-state index is 0.360. The Balaban J connectivity index is 1.56. The highest BCUT2D eigenvalue weighted by Crippen LogP contribution is 2.34. The molecular formula is C20H32N4O. The number of fused-ring (bicyclic) bond motifs is 2. The normalized spacial score (nSPS) is 25.6. The summed E-state index contributed by atoms with van der Waals surface area (Å²) < 4.78 is 5.93. The minimum Gasteiger partial charge on any atom is -0.373 e. The molecule has 1 aromatic carbocycles. The van der Waals surface area contributed by atoms with Crippen LogP contribution < -0.4 is 10.6 Å². The van der Waals surface area contributed by atoms with Crippen molar-refractivity contribution in [2.45, 2.75) is 64.4 Å². The lowest BCUT2D eigenvalue weighted by Crippen LogP contribution is -2.47. The highest BCUT2D eigenvalue weighted by molar-refractivity contribution is 5.80. The van der Waals surface area contributed by atoms with Gasteiger partial charge in [0.25, 0.3) is 0 Å². The van der Waals surface area contributed by atoms with Crippen LogP contribution in [0.5, 0.6) is 0 Å². The Kier molecular flexibility index (Phi) is 6.32. The molecule has 0 spiro atoms. The van der Waals surface area contributed by atoms with Crippen LogP contribution in [0.15, 0.2) is 29.3 Å². The first-order chi connectivity index (χ1) is 12.2. The third kappa shape index (κ3) is 4.53. The van der Waals surface area contributed by atoms with Crippen molar-refractivity contribution in [1.82, 2.24) is 15.5 Å². The number of aliphatic imine (C=N–C) groups is 1. The van der Waals surface area contributed by atoms with Gasteiger partial charge in [0.05, 0.1) is 18.2 Å². The van der Waals surface area contributed by atoms with Crippen LogP contribution in [0.2, 0.25) is 0 Å². The van der Waals surface area contributed by atoms with Crippen molar-refractivity contribution in [3.8, 4) is 0 Å². The summed E-state index contributed by atoms with van der Waals surface area (Å²) in [6.07, 6.45) is 4.30. The quantitative estimate of drug-likeness (QED) is 0.589. The molecule has 138 valence electrons. The average Bonchev–Trinajstić information content (AvgIpc) is 3.27. The topological polar surface area (TPSA) is 48.9 Å². The monoisotopic (exact) mass is 344 g/mol. The van der Waals surface area contributed by atoms with E-state index >= 15 is 0 Å². The maximum absolute atomic E-state index is 5.93. The number of rotatable bonds is 7. The summed E-state index contributed by atoms with van der Waals surface area (Å²) in [5, 5.41) is 7.04. The average molecular weight is 345 g/mol. The number of guanidine groups is 1. The van der Waals surface area contributed by atoms with Gasteiger partial charge in [-0.1, -0.05) is 38.1 Å². The molecule has 1 aromatic rings. The summed E-state index contributed by atoms with van der Waals surface area (Å²) in [5.41, 5.74) is 2.72. The predicted octanol–water partition coefficient (Wildman–Crippen LogP) is 2.51. The SMILES string of the molecule is CCN(CC)Cc1ccccc1CNC(=NC)NC1CC2CCC1O2. The van der Waals surface area contributed by atoms with E-state index in [0.29, 0.717) is 18.2 Å². The molecule has 2 heterocycles. The van der Waals surface area contributed by atoms with Crippen LogP contribution >= 0.6 is 0 Å². The molecule has 2 aliphatic heterocycles. The Morgan fingerprint density at radius 1 is 1.20 bits per heavy atom. The molecule has 3 atom stereocenters. The van der Waals surface area contributed by atoms with E-state index in [1.165, 1.54) is 24.0 Å². The summed E-state index contributed by atoms with van der Waals surface area (Å²) in [5.74, 6) is 0.874. The molecule has 0 aliphatic carbocycles. The largest absolute Gasteiger partial charge is 0.373 e. The Labute approximate surface area is 151 Å². The molecule has 3 rings (SSSR count). The molecule has 0 amide bonds. The maximum atomic E-state index is 5.93. The number of benzene rings is 1. The van der Waals surface area contributed by atoms with Crippen LogP contribution in [0.3, 0.4) is 0 Å². The van der Waals surface area contributed by atoms with Gasteiger partial charge >= 0.3 is 0 Å². The molecule has 2 fully saturated rings. The lowest BCUT2D eigenvalue weighted by atomic mass is 9.96. The first-order valence-corrected chi connectivity index (χ1v) is 9.65. The molecule has 2 bridgehead atoms. The molecule has 0 radical (unpaired) electrons. The van der Waals surface area contributed by atoms with Crippen molar-refractivity contribution in [3.05, 3.63) is 35.4 Å². The van der Waals surface area contributed by atoms with Crippen LogP contribution in [-0.4, -0.2) is 49.2 Å². The minimum absolute atomic E-state index is 0.360. The Hall–Kier alpha value is -1.59. The van der Waals surface area contributed by atoms with Crippen molar-refractivity contribution in [3.63, 3.8) is 0 Å². The van der Waals surface area contributed by atoms with Gasteiger partial charge in [0.1, 0.15) is 0 Å². The van der Waals surface area contributed by atoms with Gasteiger partial charge in [-0.2, -0.15) is 0 Å². The van der Waals surface area contributed by atoms with Crippen molar-refractivity contribution < 1.29 is 4.74 Å². The summed E-state index contributed by atoms with van der Waals surface area (Å²) in [7, 11) is 1.84. The maximum Gasteiger partial charge on any atom is 0.191 e. The highest BCUT2D eigenvalue weighted by atomic mass is 16.5. The lowest BCUT2D eigenvalue weighted by molar-refractivity contribution is 0.0992. The number of nitrogens with zero attached hydrogens (tertiary/aromatic N) is 2. The van der Waals surface area contributed by atoms with E-state index in [0.717, 1.165) is 38.6 Å². The zero-order valence-corrected chi connectivity index (χ0v) is 15.8. The van der Waals surface area contributed by atoms with Gasteiger partial charge in [-0.15, -0.1) is 0 Å². The third-order valence-electron chi connectivity index (χ3n) is 5.50. The zero-order valence-electron chi connectivity index (χ0n) is 15.8. The van der Waals surface area contributed by atoms with Crippen molar-refractivity contribution in [1.29, 1.82) is 0 Å². The van der Waals surface area contributed by atoms with Crippen LogP contribution in [0, 0.1) is 0 Å². The van der Waals surface area contributed by atoms with Gasteiger partial charge < -0.3 is 15.4 Å². The highest BCUT2D eigenvalue weighted by Gasteiger charge is 2.41. The number of nitrogens with one attached hydrogen (secondary N) is 2. The third-order valence-corrected chi connectivity index (χ3v) is 5.50. The Morgan fingerprint density at radius 2 is 1.96 bits per heavy atom. The van der Waals surface area contributed by atoms with Crippen molar-refractivity contribution in [2.24, 2.45) is 4.99 Å². The van der Waals surface area contributed by atoms with Gasteiger partial charge in [0, 0.05) is 20.1 Å². The number of ether oxygens (including phenoxy) is 1. The van der Waals surface area contributed by atoms with Gasteiger partial charge in [0.15, 0.2) is 5.96 Å². The van der Waals surface area contributed by atoms with Crippen LogP contribution in [0.25, 0.3) is 0 Å². The van der Waals surface area contributed by atoms with E-state index in [1.807, 2.05) is 7.05 Å². The second kappa shape index (κ2) is 8.68. The molecular weight excluding hydrogens is 312 g/mol. The first kappa shape index (κ1) is 18.2. The second-order valence-corrected chi connectivity index (χ2v) is 7.02. The molecule has 0 saturated carbocycles. The molecule has 5 nitrogen and oxygen atoms in total. The lowest BCUT2D eigenvalue weighted by Gasteiger charge is -2.23. The smallest absolute Gasteiger partial charge is 0.191 e. The van der Waals surface area contributed by atoms with E-state index in [9.17, 15) is 0 Å². The van der Waals surface area contributed by atoms with E-state index < -0.39 is 0 Å². The molecule has 2 N–H and O–H groups in total. The van der Waals surface area contributed by atoms with Crippen molar-refractivity contribution in [2.75, 3.05) is 20.1 Å². The fourth-order valence-corrected chi connectivity index (χ4v) is 3.91. The number of hydrogen-bond donors (Lipinski definition) is 2. The first-order valence-electron chi connectivity index (χ1n) is 9.65. The van der Waals surface area contributed by atoms with Gasteiger partial charge in [0.2, 0.25) is 0 Å². The van der Waals surface area contributed by atoms with Crippen molar-refractivity contribution >= 4 is 5.96 Å². The van der Waals surface area contributed by atoms with E-state index in [4.69, 9.17) is 4.74 Å². The molecule has 0 aromatic heterocycles. The molecule has 5 heteroatoms. The van der Waals surface area contributed by atoms with Crippen LogP contribution in [0.4, 0.5) is 0 Å². The van der Waals surface area contributed by atoms with Gasteiger partial charge in [-0.3, -0.25) is 9.89 Å². The zero-order chi connectivity index (χ0) is 17.6. The summed E-state index contributed by atoms with van der Waals surface area (Å²) in [4.78, 5) is 6.84. The Bertz CT molecular complexity index is 585. The second-order valence-electron chi connectivity index (χ2n) is 7.02. The fourth-order valence-electron chi connectivity index (χ4n) is 3.91. The van der Waals surface area contributed by atoms with Gasteiger partial charge in [-0.05, 0) is 43.5 Å². The molecule has 2 aliphatic rings.